The predicted molar refractivity (Wildman–Crippen MR) is 218 cm³/mol. The van der Waals surface area contributed by atoms with Gasteiger partial charge >= 0.3 is 5.97 Å². The zero-order chi connectivity index (χ0) is 39.0. The molecular weight excluding hydrogens is 726 g/mol. The third-order valence-corrected chi connectivity index (χ3v) is 14.1. The highest BCUT2D eigenvalue weighted by Gasteiger charge is 2.54. The second-order valence-electron chi connectivity index (χ2n) is 17.8. The number of nitrogens with zero attached hydrogens (tertiary/aromatic N) is 2. The van der Waals surface area contributed by atoms with Crippen LogP contribution < -0.4 is 19.5 Å². The molecule has 56 heavy (non-hydrogen) atoms. The van der Waals surface area contributed by atoms with Gasteiger partial charge in [0.1, 0.15) is 17.1 Å². The van der Waals surface area contributed by atoms with Gasteiger partial charge in [-0.05, 0) is 155 Å². The van der Waals surface area contributed by atoms with E-state index in [2.05, 4.69) is 41.2 Å². The van der Waals surface area contributed by atoms with Crippen molar-refractivity contribution < 1.29 is 28.9 Å². The van der Waals surface area contributed by atoms with Gasteiger partial charge in [0.25, 0.3) is 0 Å². The molecule has 1 saturated carbocycles. The van der Waals surface area contributed by atoms with Crippen molar-refractivity contribution in [3.8, 4) is 17.2 Å². The molecule has 1 aromatic heterocycles. The Bertz CT molecular complexity index is 1930. The Hall–Kier alpha value is -3.82. The first kappa shape index (κ1) is 39.0. The molecule has 5 aliphatic rings. The molecule has 2 fully saturated rings. The van der Waals surface area contributed by atoms with Gasteiger partial charge in [0.2, 0.25) is 0 Å². The molecule has 3 aromatic rings. The highest BCUT2D eigenvalue weighted by molar-refractivity contribution is 6.30. The molecule has 1 spiro atoms. The summed E-state index contributed by atoms with van der Waals surface area (Å²) in [7, 11) is 0. The molecule has 2 aliphatic heterocycles. The summed E-state index contributed by atoms with van der Waals surface area (Å²) < 4.78 is 19.8. The molecule has 0 bridgehead atoms. The van der Waals surface area contributed by atoms with Crippen LogP contribution >= 0.6 is 11.6 Å². The normalized spacial score (nSPS) is 29.1. The molecule has 0 radical (unpaired) electrons. The van der Waals surface area contributed by atoms with Gasteiger partial charge in [0, 0.05) is 53.1 Å². The number of likely N-dealkylation sites (tertiary alicyclic amines) is 1. The fourth-order valence-corrected chi connectivity index (χ4v) is 11.0. The topological polar surface area (TPSA) is 110 Å². The lowest BCUT2D eigenvalue weighted by Crippen LogP contribution is -2.53. The summed E-state index contributed by atoms with van der Waals surface area (Å²) in [6.45, 7) is 10.7. The molecule has 300 valence electrons. The first-order valence-electron chi connectivity index (χ1n) is 21.1. The number of rotatable bonds is 11. The van der Waals surface area contributed by atoms with Crippen LogP contribution in [0.4, 0.5) is 5.69 Å². The molecule has 2 unspecified atom stereocenters. The predicted octanol–water partition coefficient (Wildman–Crippen LogP) is 8.89. The van der Waals surface area contributed by atoms with E-state index in [1.54, 1.807) is 19.1 Å². The number of aromatic nitrogens is 1. The molecule has 3 heterocycles. The van der Waals surface area contributed by atoms with Crippen LogP contribution in [0.25, 0.3) is 0 Å². The van der Waals surface area contributed by atoms with Crippen LogP contribution in [0.1, 0.15) is 107 Å². The van der Waals surface area contributed by atoms with E-state index < -0.39 is 11.5 Å². The third kappa shape index (κ3) is 7.87. The van der Waals surface area contributed by atoms with Crippen molar-refractivity contribution in [2.24, 2.45) is 23.7 Å². The summed E-state index contributed by atoms with van der Waals surface area (Å²) in [5, 5.41) is 14.7. The molecule has 0 amide bonds. The second kappa shape index (κ2) is 16.2. The minimum atomic E-state index is -1.09. The molecular formula is C46H58ClN3O6. The fourth-order valence-electron chi connectivity index (χ4n) is 10.8. The molecule has 8 rings (SSSR count). The number of carboxylic acid groups (broad SMARTS) is 1. The van der Waals surface area contributed by atoms with Crippen molar-refractivity contribution >= 4 is 29.0 Å². The van der Waals surface area contributed by atoms with Crippen molar-refractivity contribution in [2.45, 2.75) is 108 Å². The Morgan fingerprint density at radius 3 is 2.61 bits per heavy atom. The number of ketones is 1. The lowest BCUT2D eigenvalue weighted by atomic mass is 9.59. The number of ether oxygens (including phenoxy) is 3. The van der Waals surface area contributed by atoms with Gasteiger partial charge in [0.15, 0.2) is 11.5 Å². The number of hydrogen-bond acceptors (Lipinski definition) is 8. The largest absolute Gasteiger partial charge is 0.493 e. The quantitative estimate of drug-likeness (QED) is 0.197. The number of fused-ring (bicyclic) bond motifs is 4. The van der Waals surface area contributed by atoms with Gasteiger partial charge in [-0.3, -0.25) is 9.78 Å². The monoisotopic (exact) mass is 783 g/mol. The Labute approximate surface area is 336 Å². The van der Waals surface area contributed by atoms with Gasteiger partial charge < -0.3 is 29.5 Å². The highest BCUT2D eigenvalue weighted by Crippen LogP contribution is 2.58. The Morgan fingerprint density at radius 2 is 1.86 bits per heavy atom. The third-order valence-electron chi connectivity index (χ3n) is 13.9. The van der Waals surface area contributed by atoms with E-state index in [0.29, 0.717) is 49.5 Å². The van der Waals surface area contributed by atoms with Crippen molar-refractivity contribution in [1.82, 2.24) is 9.88 Å². The smallest absolute Gasteiger partial charge is 0.329 e. The van der Waals surface area contributed by atoms with Crippen LogP contribution in [-0.4, -0.2) is 71.7 Å². The molecule has 2 N–H and O–H groups in total. The number of carbonyl (C=O) groups excluding carboxylic acids is 1. The van der Waals surface area contributed by atoms with E-state index >= 15 is 0 Å². The number of aryl methyl sites for hydroxylation is 1. The van der Waals surface area contributed by atoms with Gasteiger partial charge in [-0.2, -0.15) is 0 Å². The van der Waals surface area contributed by atoms with Crippen molar-refractivity contribution in [1.29, 1.82) is 0 Å². The number of nitrogens with one attached hydrogen (secondary N) is 1. The fraction of sp³-hybridized carbons (Fsp3) is 0.587. The Kier molecular flexibility index (Phi) is 11.3. The van der Waals surface area contributed by atoms with Crippen LogP contribution in [-0.2, 0) is 27.8 Å². The summed E-state index contributed by atoms with van der Waals surface area (Å²) in [5.41, 5.74) is 4.46. The van der Waals surface area contributed by atoms with Crippen molar-refractivity contribution in [2.75, 3.05) is 44.8 Å². The summed E-state index contributed by atoms with van der Waals surface area (Å²) in [6.07, 6.45) is 11.6. The highest BCUT2D eigenvalue weighted by atomic mass is 35.5. The van der Waals surface area contributed by atoms with Crippen molar-refractivity contribution in [3.05, 3.63) is 76.1 Å². The van der Waals surface area contributed by atoms with Gasteiger partial charge in [-0.15, -0.1) is 0 Å². The van der Waals surface area contributed by atoms with Crippen LogP contribution in [0.5, 0.6) is 17.2 Å². The van der Waals surface area contributed by atoms with Gasteiger partial charge in [-0.1, -0.05) is 31.5 Å². The lowest BCUT2D eigenvalue weighted by molar-refractivity contribution is -0.144. The van der Waals surface area contributed by atoms with Crippen LogP contribution in [0.15, 0.2) is 48.7 Å². The lowest BCUT2D eigenvalue weighted by Gasteiger charge is -2.47. The maximum Gasteiger partial charge on any atom is 0.329 e. The number of carbonyl (C=O) groups is 2. The summed E-state index contributed by atoms with van der Waals surface area (Å²) in [5.74, 6) is 3.38. The number of piperidine rings is 1. The van der Waals surface area contributed by atoms with Crippen LogP contribution in [0.2, 0.25) is 5.02 Å². The first-order chi connectivity index (χ1) is 27.0. The SMILES string of the molecule is CC(=O)C1CCCN(CC2COc3cc4c(cc3OC2)C2(CCC(Nc3cccc(Cl)c3)(C(=O)O)CC2)[C@@H](C[C@@H](C)COc2ccnc3c2[C@H](C)CCC3)C4)C1. The zero-order valence-corrected chi connectivity index (χ0v) is 34.0. The summed E-state index contributed by atoms with van der Waals surface area (Å²) in [4.78, 5) is 32.3. The van der Waals surface area contributed by atoms with E-state index in [9.17, 15) is 14.7 Å². The number of aliphatic carboxylic acids is 1. The second-order valence-corrected chi connectivity index (χ2v) is 18.3. The number of halogens is 1. The molecule has 10 heteroatoms. The number of hydrogen-bond donors (Lipinski definition) is 2. The van der Waals surface area contributed by atoms with E-state index in [0.717, 1.165) is 93.9 Å². The molecule has 9 nitrogen and oxygen atoms in total. The number of Topliss-reactive ketones (excluding diaryl/α,β-unsaturated/α-hetero) is 1. The van der Waals surface area contributed by atoms with E-state index in [4.69, 9.17) is 25.8 Å². The minimum absolute atomic E-state index is 0.121. The van der Waals surface area contributed by atoms with E-state index in [-0.39, 0.29) is 29.0 Å². The van der Waals surface area contributed by atoms with E-state index in [1.807, 2.05) is 24.4 Å². The number of pyridine rings is 1. The van der Waals surface area contributed by atoms with Crippen LogP contribution in [0.3, 0.4) is 0 Å². The molecule has 3 aliphatic carbocycles. The molecule has 2 aromatic carbocycles. The van der Waals surface area contributed by atoms with E-state index in [1.165, 1.54) is 28.8 Å². The molecule has 5 atom stereocenters. The maximum atomic E-state index is 13.1. The minimum Gasteiger partial charge on any atom is -0.493 e. The number of benzene rings is 2. The maximum absolute atomic E-state index is 13.1. The Morgan fingerprint density at radius 1 is 1.07 bits per heavy atom. The van der Waals surface area contributed by atoms with Crippen molar-refractivity contribution in [3.63, 3.8) is 0 Å². The van der Waals surface area contributed by atoms with Gasteiger partial charge in [0.05, 0.1) is 19.8 Å². The summed E-state index contributed by atoms with van der Waals surface area (Å²) >= 11 is 6.32. The van der Waals surface area contributed by atoms with Crippen LogP contribution in [0, 0.1) is 23.7 Å². The van der Waals surface area contributed by atoms with Gasteiger partial charge in [-0.25, -0.2) is 4.79 Å². The average molecular weight is 784 g/mol. The molecule has 1 saturated heterocycles. The Balaban J connectivity index is 1.03. The summed E-state index contributed by atoms with van der Waals surface area (Å²) in [6, 6.07) is 13.9. The average Bonchev–Trinajstić information content (AvgIpc) is 3.31. The number of anilines is 1. The zero-order valence-electron chi connectivity index (χ0n) is 33.3. The standard InChI is InChI=1S/C46H58ClN3O6/c1-29(26-54-40-12-17-48-39-11-4-7-30(2)43(39)40)19-35-20-34-21-41-42(56-28-32(27-55-41)24-50-18-6-8-33(25-50)31(3)51)23-38(34)45(35)13-15-46(16-14-45,44(52)53)49-37-10-5-9-36(47)22-37/h5,9-10,12,17,21-23,29-30,32-33,35,49H,4,6-8,11,13-16,18-20,24-28H2,1-3H3,(H,52,53)/t29-,30-,32?,33?,35+,45?,46?/m1/s1. The number of carboxylic acids is 1. The first-order valence-corrected chi connectivity index (χ1v) is 21.4.